The standard InChI is InChI=1S/C32H39Cl2N3O4S/c1-5-8-20-35-32(39)29(7-3)36(21-26-27(33)13-11-14-28(26)34)31(38)22-37(30-15-10-9-12-24(30)6-2)42(40,41)25-18-16-23(4)17-19-25/h9-19,29H,5-8,20-22H2,1-4H3,(H,35,39)/t29-/m0/s1. The first-order valence-corrected chi connectivity index (χ1v) is 16.4. The Morgan fingerprint density at radius 3 is 2.14 bits per heavy atom. The first-order valence-electron chi connectivity index (χ1n) is 14.2. The van der Waals surface area contributed by atoms with Crippen LogP contribution in [0.5, 0.6) is 0 Å². The Hall–Kier alpha value is -3.07. The number of halogens is 2. The smallest absolute Gasteiger partial charge is 0.264 e. The number of nitrogens with zero attached hydrogens (tertiary/aromatic N) is 2. The van der Waals surface area contributed by atoms with Crippen molar-refractivity contribution < 1.29 is 18.0 Å². The molecule has 7 nitrogen and oxygen atoms in total. The Morgan fingerprint density at radius 1 is 0.905 bits per heavy atom. The fraction of sp³-hybridized carbons (Fsp3) is 0.375. The normalized spacial score (nSPS) is 12.0. The highest BCUT2D eigenvalue weighted by atomic mass is 35.5. The molecule has 0 unspecified atom stereocenters. The molecule has 3 aromatic carbocycles. The van der Waals surface area contributed by atoms with Crippen LogP contribution in [-0.4, -0.2) is 44.3 Å². The second kappa shape index (κ2) is 15.4. The van der Waals surface area contributed by atoms with Gasteiger partial charge in [-0.15, -0.1) is 0 Å². The lowest BCUT2D eigenvalue weighted by Gasteiger charge is -2.34. The number of amides is 2. The van der Waals surface area contributed by atoms with Gasteiger partial charge in [0.2, 0.25) is 11.8 Å². The molecule has 0 fully saturated rings. The number of carbonyl (C=O) groups is 2. The predicted octanol–water partition coefficient (Wildman–Crippen LogP) is 6.78. The topological polar surface area (TPSA) is 86.8 Å². The van der Waals surface area contributed by atoms with Gasteiger partial charge in [-0.05, 0) is 62.1 Å². The molecule has 0 heterocycles. The van der Waals surface area contributed by atoms with Crippen LogP contribution in [0.2, 0.25) is 10.0 Å². The maximum Gasteiger partial charge on any atom is 0.264 e. The third-order valence-corrected chi connectivity index (χ3v) is 9.62. The average molecular weight is 633 g/mol. The summed E-state index contributed by atoms with van der Waals surface area (Å²) in [5, 5.41) is 3.62. The van der Waals surface area contributed by atoms with E-state index in [-0.39, 0.29) is 17.3 Å². The Labute approximate surface area is 259 Å². The number of para-hydroxylation sites is 1. The van der Waals surface area contributed by atoms with Crippen molar-refractivity contribution in [2.45, 2.75) is 70.9 Å². The van der Waals surface area contributed by atoms with Crippen LogP contribution in [0.25, 0.3) is 0 Å². The highest BCUT2D eigenvalue weighted by molar-refractivity contribution is 7.92. The molecule has 10 heteroatoms. The van der Waals surface area contributed by atoms with Crippen molar-refractivity contribution in [3.63, 3.8) is 0 Å². The van der Waals surface area contributed by atoms with Gasteiger partial charge in [0.15, 0.2) is 0 Å². The van der Waals surface area contributed by atoms with Gasteiger partial charge in [-0.2, -0.15) is 0 Å². The summed E-state index contributed by atoms with van der Waals surface area (Å²) in [4.78, 5) is 29.1. The monoisotopic (exact) mass is 631 g/mol. The summed E-state index contributed by atoms with van der Waals surface area (Å²) in [6, 6.07) is 17.8. The predicted molar refractivity (Wildman–Crippen MR) is 171 cm³/mol. The zero-order valence-electron chi connectivity index (χ0n) is 24.6. The number of carbonyl (C=O) groups excluding carboxylic acids is 2. The first kappa shape index (κ1) is 33.4. The van der Waals surface area contributed by atoms with E-state index >= 15 is 0 Å². The van der Waals surface area contributed by atoms with Crippen LogP contribution >= 0.6 is 23.2 Å². The number of unbranched alkanes of at least 4 members (excludes halogenated alkanes) is 1. The molecule has 3 rings (SSSR count). The number of aryl methyl sites for hydroxylation is 2. The van der Waals surface area contributed by atoms with E-state index in [4.69, 9.17) is 23.2 Å². The average Bonchev–Trinajstić information content (AvgIpc) is 2.97. The molecule has 0 aliphatic carbocycles. The number of hydrogen-bond donors (Lipinski definition) is 1. The summed E-state index contributed by atoms with van der Waals surface area (Å²) < 4.78 is 29.4. The molecule has 0 saturated carbocycles. The molecular formula is C32H39Cl2N3O4S. The SMILES string of the molecule is CCCCNC(=O)[C@H](CC)N(Cc1c(Cl)cccc1Cl)C(=O)CN(c1ccccc1CC)S(=O)(=O)c1ccc(C)cc1. The van der Waals surface area contributed by atoms with E-state index in [1.165, 1.54) is 17.0 Å². The quantitative estimate of drug-likeness (QED) is 0.199. The van der Waals surface area contributed by atoms with E-state index < -0.39 is 28.5 Å². The largest absolute Gasteiger partial charge is 0.354 e. The molecule has 0 aromatic heterocycles. The van der Waals surface area contributed by atoms with E-state index in [1.807, 2.05) is 39.8 Å². The van der Waals surface area contributed by atoms with Gasteiger partial charge < -0.3 is 10.2 Å². The van der Waals surface area contributed by atoms with E-state index in [0.29, 0.717) is 40.7 Å². The van der Waals surface area contributed by atoms with Crippen LogP contribution in [0.1, 0.15) is 56.7 Å². The summed E-state index contributed by atoms with van der Waals surface area (Å²) in [7, 11) is -4.16. The van der Waals surface area contributed by atoms with E-state index in [1.54, 1.807) is 42.5 Å². The number of hydrogen-bond acceptors (Lipinski definition) is 4. The van der Waals surface area contributed by atoms with Crippen LogP contribution in [-0.2, 0) is 32.6 Å². The van der Waals surface area contributed by atoms with Crippen molar-refractivity contribution in [1.29, 1.82) is 0 Å². The lowest BCUT2D eigenvalue weighted by molar-refractivity contribution is -0.140. The molecule has 42 heavy (non-hydrogen) atoms. The highest BCUT2D eigenvalue weighted by Gasteiger charge is 2.34. The molecular weight excluding hydrogens is 593 g/mol. The maximum absolute atomic E-state index is 14.3. The molecule has 0 radical (unpaired) electrons. The van der Waals surface area contributed by atoms with E-state index in [2.05, 4.69) is 5.32 Å². The van der Waals surface area contributed by atoms with Crippen molar-refractivity contribution in [3.8, 4) is 0 Å². The fourth-order valence-corrected chi connectivity index (χ4v) is 6.65. The van der Waals surface area contributed by atoms with Crippen LogP contribution < -0.4 is 9.62 Å². The molecule has 0 aliphatic heterocycles. The summed E-state index contributed by atoms with van der Waals surface area (Å²) in [5.74, 6) is -0.866. The number of anilines is 1. The Bertz CT molecular complexity index is 1460. The van der Waals surface area contributed by atoms with Gasteiger partial charge in [-0.3, -0.25) is 13.9 Å². The lowest BCUT2D eigenvalue weighted by atomic mass is 10.1. The van der Waals surface area contributed by atoms with Crippen LogP contribution in [0, 0.1) is 6.92 Å². The molecule has 0 spiro atoms. The van der Waals surface area contributed by atoms with Gasteiger partial charge in [-0.1, -0.05) is 92.4 Å². The van der Waals surface area contributed by atoms with Crippen molar-refractivity contribution in [3.05, 3.63) is 93.5 Å². The molecule has 1 N–H and O–H groups in total. The fourth-order valence-electron chi connectivity index (χ4n) is 4.68. The number of sulfonamides is 1. The third kappa shape index (κ3) is 8.06. The number of rotatable bonds is 14. The van der Waals surface area contributed by atoms with Crippen molar-refractivity contribution in [2.75, 3.05) is 17.4 Å². The lowest BCUT2D eigenvalue weighted by Crippen LogP contribution is -2.52. The Balaban J connectivity index is 2.11. The Morgan fingerprint density at radius 2 is 1.55 bits per heavy atom. The van der Waals surface area contributed by atoms with Gasteiger partial charge in [-0.25, -0.2) is 8.42 Å². The summed E-state index contributed by atoms with van der Waals surface area (Å²) in [5.41, 5.74) is 2.57. The zero-order valence-corrected chi connectivity index (χ0v) is 26.9. The van der Waals surface area contributed by atoms with Crippen LogP contribution in [0.4, 0.5) is 5.69 Å². The maximum atomic E-state index is 14.3. The molecule has 2 amide bonds. The molecule has 0 saturated heterocycles. The second-order valence-electron chi connectivity index (χ2n) is 10.1. The summed E-state index contributed by atoms with van der Waals surface area (Å²) in [6.45, 7) is 7.52. The molecule has 226 valence electrons. The van der Waals surface area contributed by atoms with Gasteiger partial charge in [0.25, 0.3) is 10.0 Å². The van der Waals surface area contributed by atoms with Crippen LogP contribution in [0.3, 0.4) is 0 Å². The minimum atomic E-state index is -4.16. The number of benzene rings is 3. The van der Waals surface area contributed by atoms with Crippen LogP contribution in [0.15, 0.2) is 71.6 Å². The van der Waals surface area contributed by atoms with Gasteiger partial charge in [0, 0.05) is 28.7 Å². The third-order valence-electron chi connectivity index (χ3n) is 7.13. The summed E-state index contributed by atoms with van der Waals surface area (Å²) >= 11 is 13.0. The summed E-state index contributed by atoms with van der Waals surface area (Å²) in [6.07, 6.45) is 2.56. The molecule has 3 aromatic rings. The minimum Gasteiger partial charge on any atom is -0.354 e. The minimum absolute atomic E-state index is 0.0646. The molecule has 1 atom stereocenters. The van der Waals surface area contributed by atoms with E-state index in [9.17, 15) is 18.0 Å². The zero-order chi connectivity index (χ0) is 30.9. The van der Waals surface area contributed by atoms with Crippen molar-refractivity contribution in [1.82, 2.24) is 10.2 Å². The van der Waals surface area contributed by atoms with Gasteiger partial charge in [0.05, 0.1) is 10.6 Å². The van der Waals surface area contributed by atoms with Crippen molar-refractivity contribution >= 4 is 50.7 Å². The highest BCUT2D eigenvalue weighted by Crippen LogP contribution is 2.30. The van der Waals surface area contributed by atoms with Gasteiger partial charge in [0.1, 0.15) is 12.6 Å². The molecule has 0 bridgehead atoms. The van der Waals surface area contributed by atoms with Crippen molar-refractivity contribution in [2.24, 2.45) is 0 Å². The molecule has 0 aliphatic rings. The van der Waals surface area contributed by atoms with Gasteiger partial charge >= 0.3 is 0 Å². The first-order chi connectivity index (χ1) is 20.0. The Kier molecular flexibility index (Phi) is 12.3. The second-order valence-corrected chi connectivity index (χ2v) is 12.8. The van der Waals surface area contributed by atoms with E-state index in [0.717, 1.165) is 28.3 Å². The number of nitrogens with one attached hydrogen (secondary N) is 1.